The van der Waals surface area contributed by atoms with Crippen LogP contribution in [0.4, 0.5) is 0 Å². The Bertz CT molecular complexity index is 357. The van der Waals surface area contributed by atoms with Gasteiger partial charge in [-0.15, -0.1) is 11.3 Å². The van der Waals surface area contributed by atoms with Crippen LogP contribution < -0.4 is 0 Å². The van der Waals surface area contributed by atoms with Crippen molar-refractivity contribution in [1.82, 2.24) is 10.1 Å². The van der Waals surface area contributed by atoms with Gasteiger partial charge in [0.15, 0.2) is 0 Å². The van der Waals surface area contributed by atoms with Gasteiger partial charge in [0.2, 0.25) is 11.7 Å². The average molecular weight is 201 g/mol. The molecule has 0 unspecified atom stereocenters. The zero-order chi connectivity index (χ0) is 8.55. The second-order valence-corrected chi connectivity index (χ2v) is 3.96. The molecule has 0 spiro atoms. The van der Waals surface area contributed by atoms with E-state index in [9.17, 15) is 0 Å². The van der Waals surface area contributed by atoms with Crippen molar-refractivity contribution in [2.75, 3.05) is 0 Å². The maximum Gasteiger partial charge on any atom is 0.223 e. The van der Waals surface area contributed by atoms with Crippen LogP contribution in [0.1, 0.15) is 5.89 Å². The molecule has 0 atom stereocenters. The van der Waals surface area contributed by atoms with Crippen LogP contribution in [0.2, 0.25) is 4.34 Å². The van der Waals surface area contributed by atoms with Gasteiger partial charge in [-0.2, -0.15) is 4.98 Å². The molecular formula is C7H5ClN2OS. The summed E-state index contributed by atoms with van der Waals surface area (Å²) < 4.78 is 5.56. The topological polar surface area (TPSA) is 38.9 Å². The first kappa shape index (κ1) is 7.76. The predicted octanol–water partition coefficient (Wildman–Crippen LogP) is 2.76. The van der Waals surface area contributed by atoms with E-state index in [0.717, 1.165) is 9.21 Å². The van der Waals surface area contributed by atoms with E-state index in [1.54, 1.807) is 6.92 Å². The molecule has 2 rings (SSSR count). The number of hydrogen-bond acceptors (Lipinski definition) is 4. The predicted molar refractivity (Wildman–Crippen MR) is 47.4 cm³/mol. The summed E-state index contributed by atoms with van der Waals surface area (Å²) in [4.78, 5) is 5.00. The monoisotopic (exact) mass is 200 g/mol. The molecule has 12 heavy (non-hydrogen) atoms. The van der Waals surface area contributed by atoms with Crippen molar-refractivity contribution in [3.63, 3.8) is 0 Å². The Labute approximate surface area is 78.0 Å². The van der Waals surface area contributed by atoms with Gasteiger partial charge >= 0.3 is 0 Å². The zero-order valence-corrected chi connectivity index (χ0v) is 7.82. The second kappa shape index (κ2) is 2.88. The highest BCUT2D eigenvalue weighted by Crippen LogP contribution is 2.28. The fourth-order valence-electron chi connectivity index (χ4n) is 0.834. The van der Waals surface area contributed by atoms with E-state index in [4.69, 9.17) is 16.1 Å². The first-order valence-electron chi connectivity index (χ1n) is 3.32. The van der Waals surface area contributed by atoms with Gasteiger partial charge in [0.05, 0.1) is 9.21 Å². The Balaban J connectivity index is 2.43. The smallest absolute Gasteiger partial charge is 0.223 e. The molecule has 2 heterocycles. The van der Waals surface area contributed by atoms with E-state index in [-0.39, 0.29) is 0 Å². The molecule has 0 radical (unpaired) electrons. The van der Waals surface area contributed by atoms with E-state index in [1.807, 2.05) is 12.1 Å². The van der Waals surface area contributed by atoms with E-state index < -0.39 is 0 Å². The third-order valence-corrected chi connectivity index (χ3v) is 2.55. The van der Waals surface area contributed by atoms with Gasteiger partial charge in [-0.1, -0.05) is 16.8 Å². The van der Waals surface area contributed by atoms with Crippen LogP contribution in [-0.4, -0.2) is 10.1 Å². The molecule has 2 aromatic heterocycles. The van der Waals surface area contributed by atoms with Crippen LogP contribution in [0.15, 0.2) is 16.7 Å². The Morgan fingerprint density at radius 1 is 1.50 bits per heavy atom. The highest BCUT2D eigenvalue weighted by atomic mass is 35.5. The highest BCUT2D eigenvalue weighted by molar-refractivity contribution is 7.19. The molecule has 0 aliphatic heterocycles. The molecule has 5 heteroatoms. The summed E-state index contributed by atoms with van der Waals surface area (Å²) >= 11 is 7.18. The minimum absolute atomic E-state index is 0.564. The zero-order valence-electron chi connectivity index (χ0n) is 6.24. The van der Waals surface area contributed by atoms with Crippen LogP contribution in [-0.2, 0) is 0 Å². The van der Waals surface area contributed by atoms with Gasteiger partial charge < -0.3 is 4.52 Å². The lowest BCUT2D eigenvalue weighted by Crippen LogP contribution is -1.73. The van der Waals surface area contributed by atoms with Crippen molar-refractivity contribution in [3.8, 4) is 10.7 Å². The molecule has 0 bridgehead atoms. The van der Waals surface area contributed by atoms with Crippen molar-refractivity contribution < 1.29 is 4.52 Å². The van der Waals surface area contributed by atoms with Crippen molar-refractivity contribution in [3.05, 3.63) is 22.4 Å². The van der Waals surface area contributed by atoms with Crippen molar-refractivity contribution in [2.24, 2.45) is 0 Å². The number of aromatic nitrogens is 2. The van der Waals surface area contributed by atoms with Gasteiger partial charge in [-0.05, 0) is 12.1 Å². The largest absolute Gasteiger partial charge is 0.339 e. The van der Waals surface area contributed by atoms with Gasteiger partial charge in [0.25, 0.3) is 0 Å². The SMILES string of the molecule is Cc1nc(-c2ccc(Cl)s2)no1. The molecule has 0 fully saturated rings. The van der Waals surface area contributed by atoms with Crippen LogP contribution >= 0.6 is 22.9 Å². The molecule has 0 aliphatic carbocycles. The van der Waals surface area contributed by atoms with E-state index >= 15 is 0 Å². The Kier molecular flexibility index (Phi) is 1.86. The van der Waals surface area contributed by atoms with E-state index in [2.05, 4.69) is 10.1 Å². The van der Waals surface area contributed by atoms with E-state index in [0.29, 0.717) is 11.7 Å². The molecule has 0 aromatic carbocycles. The molecule has 0 saturated carbocycles. The molecule has 3 nitrogen and oxygen atoms in total. The minimum atomic E-state index is 0.564. The number of nitrogens with zero attached hydrogens (tertiary/aromatic N) is 2. The molecule has 0 N–H and O–H groups in total. The second-order valence-electron chi connectivity index (χ2n) is 2.24. The van der Waals surface area contributed by atoms with Crippen LogP contribution in [0.25, 0.3) is 10.7 Å². The molecule has 0 aliphatic rings. The molecule has 0 amide bonds. The summed E-state index contributed by atoms with van der Waals surface area (Å²) in [7, 11) is 0. The van der Waals surface area contributed by atoms with Gasteiger partial charge in [-0.25, -0.2) is 0 Å². The highest BCUT2D eigenvalue weighted by Gasteiger charge is 2.07. The maximum atomic E-state index is 5.75. The van der Waals surface area contributed by atoms with Crippen LogP contribution in [0.5, 0.6) is 0 Å². The Hall–Kier alpha value is -0.870. The molecule has 2 aromatic rings. The van der Waals surface area contributed by atoms with Crippen molar-refractivity contribution in [1.29, 1.82) is 0 Å². The number of aryl methyl sites for hydroxylation is 1. The summed E-state index contributed by atoms with van der Waals surface area (Å²) in [5, 5.41) is 3.77. The lowest BCUT2D eigenvalue weighted by Gasteiger charge is -1.81. The summed E-state index contributed by atoms with van der Waals surface area (Å²) in [6, 6.07) is 3.69. The molecule has 62 valence electrons. The number of hydrogen-bond donors (Lipinski definition) is 0. The minimum Gasteiger partial charge on any atom is -0.339 e. The number of rotatable bonds is 1. The van der Waals surface area contributed by atoms with Crippen molar-refractivity contribution >= 4 is 22.9 Å². The fraction of sp³-hybridized carbons (Fsp3) is 0.143. The third kappa shape index (κ3) is 1.35. The number of thiophene rings is 1. The first-order valence-corrected chi connectivity index (χ1v) is 4.51. The van der Waals surface area contributed by atoms with Gasteiger partial charge in [0, 0.05) is 6.92 Å². The van der Waals surface area contributed by atoms with E-state index in [1.165, 1.54) is 11.3 Å². The van der Waals surface area contributed by atoms with Crippen molar-refractivity contribution in [2.45, 2.75) is 6.92 Å². The Morgan fingerprint density at radius 2 is 2.33 bits per heavy atom. The first-order chi connectivity index (χ1) is 5.75. The number of halogens is 1. The summed E-state index contributed by atoms with van der Waals surface area (Å²) in [5.74, 6) is 1.17. The lowest BCUT2D eigenvalue weighted by atomic mass is 10.4. The lowest BCUT2D eigenvalue weighted by molar-refractivity contribution is 0.394. The molecular weight excluding hydrogens is 196 g/mol. The average Bonchev–Trinajstić information content (AvgIpc) is 2.58. The van der Waals surface area contributed by atoms with Crippen LogP contribution in [0.3, 0.4) is 0 Å². The van der Waals surface area contributed by atoms with Gasteiger partial charge in [-0.3, -0.25) is 0 Å². The standard InChI is InChI=1S/C7H5ClN2OS/c1-4-9-7(10-11-4)5-2-3-6(8)12-5/h2-3H,1H3. The summed E-state index contributed by atoms with van der Waals surface area (Å²) in [6.45, 7) is 1.76. The summed E-state index contributed by atoms with van der Waals surface area (Å²) in [6.07, 6.45) is 0. The van der Waals surface area contributed by atoms with Gasteiger partial charge in [0.1, 0.15) is 0 Å². The fourth-order valence-corrected chi connectivity index (χ4v) is 1.80. The van der Waals surface area contributed by atoms with Crippen LogP contribution in [0, 0.1) is 6.92 Å². The normalized spacial score (nSPS) is 10.5. The third-order valence-electron chi connectivity index (χ3n) is 1.32. The maximum absolute atomic E-state index is 5.75. The Morgan fingerprint density at radius 3 is 2.83 bits per heavy atom. The molecule has 0 saturated heterocycles. The summed E-state index contributed by atoms with van der Waals surface area (Å²) in [5.41, 5.74) is 0. The quantitative estimate of drug-likeness (QED) is 0.711.